The lowest BCUT2D eigenvalue weighted by Gasteiger charge is -2.40. The highest BCUT2D eigenvalue weighted by molar-refractivity contribution is 7.99. The van der Waals surface area contributed by atoms with Crippen LogP contribution in [0.15, 0.2) is 325 Å². The fraction of sp³-hybridized carbons (Fsp3) is 0.0118. The Morgan fingerprint density at radius 2 is 0.837 bits per heavy atom. The molecule has 0 bridgehead atoms. The van der Waals surface area contributed by atoms with E-state index in [0.29, 0.717) is 0 Å². The molecule has 0 radical (unpaired) electrons. The number of rotatable bonds is 9. The molecule has 0 saturated heterocycles. The van der Waals surface area contributed by atoms with E-state index >= 15 is 0 Å². The van der Waals surface area contributed by atoms with Gasteiger partial charge in [0.2, 0.25) is 0 Å². The number of halogens is 1. The zero-order valence-electron chi connectivity index (χ0n) is 49.5. The first-order valence-electron chi connectivity index (χ1n) is 31.1. The van der Waals surface area contributed by atoms with Crippen LogP contribution in [0.25, 0.3) is 101 Å². The summed E-state index contributed by atoms with van der Waals surface area (Å²) in [4.78, 5) is 7.46. The van der Waals surface area contributed by atoms with Crippen LogP contribution in [-0.4, -0.2) is 4.57 Å². The minimum Gasteiger partial charge on any atom is -0.310 e. The van der Waals surface area contributed by atoms with E-state index in [0.717, 1.165) is 55.9 Å². The van der Waals surface area contributed by atoms with Crippen molar-refractivity contribution in [3.8, 4) is 39.1 Å². The fourth-order valence-corrected chi connectivity index (χ4v) is 19.0. The van der Waals surface area contributed by atoms with Gasteiger partial charge in [0, 0.05) is 111 Å². The Labute approximate surface area is 549 Å². The van der Waals surface area contributed by atoms with E-state index in [-0.39, 0.29) is 0 Å². The van der Waals surface area contributed by atoms with Crippen LogP contribution in [-0.2, 0) is 5.41 Å². The molecule has 0 fully saturated rings. The molecule has 1 atom stereocenters. The van der Waals surface area contributed by atoms with Crippen molar-refractivity contribution in [2.24, 2.45) is 0 Å². The van der Waals surface area contributed by atoms with Crippen LogP contribution in [0.1, 0.15) is 22.3 Å². The second kappa shape index (κ2) is 21.1. The first-order valence-corrected chi connectivity index (χ1v) is 34.0. The normalized spacial score (nSPS) is 13.9. The average molecular weight is 1250 g/mol. The summed E-state index contributed by atoms with van der Waals surface area (Å²) in [5, 5.41) is 8.14. The predicted octanol–water partition coefficient (Wildman–Crippen LogP) is 25.3. The second-order valence-corrected chi connectivity index (χ2v) is 27.6. The number of thiophene rings is 2. The van der Waals surface area contributed by atoms with Crippen molar-refractivity contribution < 1.29 is 0 Å². The standard InChI is InChI=1S/C85H52ClN3S3/c86-55-23-18-22-54(46-55)63-31-19-33-76-84(63)92-82-37-17-13-32-75(82)85(76)73-42-38-58(87(56-24-6-2-7-25-56)62-51-67(53-20-4-1-5-21-53)83-72(52-62)66-30-12-16-36-80(66)91-83)47-68(73)69-48-59(39-43-74(69)85)88(61-41-45-81-71(50-61)65-29-11-15-35-79(65)90-81)60-40-44-78-70(49-60)64-28-10-14-34-77(64)89(78)57-26-8-3-9-27-57/h1-52H. The van der Waals surface area contributed by atoms with Gasteiger partial charge in [-0.2, -0.15) is 0 Å². The lowest BCUT2D eigenvalue weighted by atomic mass is 9.67. The minimum absolute atomic E-state index is 0.711. The average Bonchev–Trinajstić information content (AvgIpc) is 1.46. The van der Waals surface area contributed by atoms with Crippen LogP contribution in [0.4, 0.5) is 34.1 Å². The molecule has 3 nitrogen and oxygen atoms in total. The van der Waals surface area contributed by atoms with E-state index in [1.807, 2.05) is 40.5 Å². The van der Waals surface area contributed by atoms with E-state index in [2.05, 4.69) is 324 Å². The molecular weight excluding hydrogens is 1190 g/mol. The van der Waals surface area contributed by atoms with E-state index < -0.39 is 5.41 Å². The van der Waals surface area contributed by atoms with Crippen LogP contribution in [0, 0.1) is 0 Å². The van der Waals surface area contributed by atoms with Crippen molar-refractivity contribution in [3.05, 3.63) is 343 Å². The van der Waals surface area contributed by atoms with Crippen LogP contribution in [0.5, 0.6) is 0 Å². The summed E-state index contributed by atoms with van der Waals surface area (Å²) in [5.41, 5.74) is 21.3. The summed E-state index contributed by atoms with van der Waals surface area (Å²) in [6.07, 6.45) is 0. The van der Waals surface area contributed by atoms with Crippen molar-refractivity contribution in [3.63, 3.8) is 0 Å². The van der Waals surface area contributed by atoms with Gasteiger partial charge in [-0.1, -0.05) is 205 Å². The molecule has 3 aromatic heterocycles. The van der Waals surface area contributed by atoms with Crippen molar-refractivity contribution in [1.82, 2.24) is 4.57 Å². The highest BCUT2D eigenvalue weighted by Crippen LogP contribution is 2.65. The lowest BCUT2D eigenvalue weighted by molar-refractivity contribution is 0.723. The SMILES string of the molecule is Clc1cccc(-c2cccc3c2Sc2ccccc2C32c3ccc(N(c4ccccc4)c4cc(-c5ccccc5)c5sc6ccccc6c5c4)cc3-c3cc(N(c4ccc5sc6ccccc6c5c4)c4ccc5c(c4)c4ccccc4n5-c4ccccc4)ccc32)c1. The molecule has 432 valence electrons. The van der Waals surface area contributed by atoms with Gasteiger partial charge in [-0.3, -0.25) is 0 Å². The highest BCUT2D eigenvalue weighted by atomic mass is 35.5. The quantitative estimate of drug-likeness (QED) is 0.143. The monoisotopic (exact) mass is 1250 g/mol. The minimum atomic E-state index is -0.711. The van der Waals surface area contributed by atoms with Crippen LogP contribution < -0.4 is 9.80 Å². The molecule has 17 aromatic rings. The van der Waals surface area contributed by atoms with Crippen molar-refractivity contribution in [2.75, 3.05) is 9.80 Å². The largest absolute Gasteiger partial charge is 0.310 e. The molecule has 7 heteroatoms. The molecule has 1 unspecified atom stereocenters. The van der Waals surface area contributed by atoms with E-state index in [9.17, 15) is 0 Å². The number of anilines is 6. The number of aromatic nitrogens is 1. The maximum Gasteiger partial charge on any atom is 0.0735 e. The van der Waals surface area contributed by atoms with Gasteiger partial charge in [-0.25, -0.2) is 0 Å². The lowest BCUT2D eigenvalue weighted by Crippen LogP contribution is -2.32. The number of nitrogens with zero attached hydrogens (tertiary/aromatic N) is 3. The van der Waals surface area contributed by atoms with Gasteiger partial charge in [0.25, 0.3) is 0 Å². The topological polar surface area (TPSA) is 11.4 Å². The van der Waals surface area contributed by atoms with Crippen LogP contribution in [0.3, 0.4) is 0 Å². The zero-order chi connectivity index (χ0) is 60.6. The van der Waals surface area contributed by atoms with Crippen molar-refractivity contribution in [1.29, 1.82) is 0 Å². The molecule has 1 aliphatic heterocycles. The van der Waals surface area contributed by atoms with Gasteiger partial charge in [-0.05, 0) is 184 Å². The Kier molecular flexibility index (Phi) is 12.2. The second-order valence-electron chi connectivity index (χ2n) is 24.0. The fourth-order valence-electron chi connectivity index (χ4n) is 15.2. The summed E-state index contributed by atoms with van der Waals surface area (Å²) in [6, 6.07) is 117. The Morgan fingerprint density at radius 3 is 1.60 bits per heavy atom. The van der Waals surface area contributed by atoms with Gasteiger partial charge >= 0.3 is 0 Å². The summed E-state index contributed by atoms with van der Waals surface area (Å²) in [5.74, 6) is 0. The summed E-state index contributed by atoms with van der Waals surface area (Å²) in [6.45, 7) is 0. The molecule has 0 N–H and O–H groups in total. The molecule has 4 heterocycles. The third-order valence-corrected chi connectivity index (χ3v) is 22.9. The Morgan fingerprint density at radius 1 is 0.304 bits per heavy atom. The van der Waals surface area contributed by atoms with E-state index in [1.165, 1.54) is 116 Å². The van der Waals surface area contributed by atoms with Crippen molar-refractivity contribution in [2.45, 2.75) is 15.2 Å². The summed E-state index contributed by atoms with van der Waals surface area (Å²) >= 11 is 12.5. The Bertz CT molecular complexity index is 5850. The summed E-state index contributed by atoms with van der Waals surface area (Å²) in [7, 11) is 0. The predicted molar refractivity (Wildman–Crippen MR) is 393 cm³/mol. The third-order valence-electron chi connectivity index (χ3n) is 19.0. The number of benzene rings is 14. The molecule has 92 heavy (non-hydrogen) atoms. The first kappa shape index (κ1) is 53.4. The first-order chi connectivity index (χ1) is 45.5. The van der Waals surface area contributed by atoms with Crippen LogP contribution >= 0.6 is 46.0 Å². The van der Waals surface area contributed by atoms with E-state index in [4.69, 9.17) is 11.6 Å². The van der Waals surface area contributed by atoms with E-state index in [1.54, 1.807) is 0 Å². The number of hydrogen-bond acceptors (Lipinski definition) is 5. The zero-order valence-corrected chi connectivity index (χ0v) is 52.7. The van der Waals surface area contributed by atoms with Gasteiger partial charge in [0.15, 0.2) is 0 Å². The smallest absolute Gasteiger partial charge is 0.0735 e. The van der Waals surface area contributed by atoms with Crippen LogP contribution in [0.2, 0.25) is 5.02 Å². The van der Waals surface area contributed by atoms with Gasteiger partial charge in [-0.15, -0.1) is 22.7 Å². The van der Waals surface area contributed by atoms with Gasteiger partial charge in [0.05, 0.1) is 16.4 Å². The molecule has 0 amide bonds. The molecule has 19 rings (SSSR count). The summed E-state index contributed by atoms with van der Waals surface area (Å²) < 4.78 is 7.52. The van der Waals surface area contributed by atoms with Crippen molar-refractivity contribution >= 4 is 142 Å². The number of para-hydroxylation sites is 3. The maximum atomic E-state index is 6.87. The Balaban J connectivity index is 0.892. The Hall–Kier alpha value is -10.4. The highest BCUT2D eigenvalue weighted by Gasteiger charge is 2.51. The molecule has 14 aromatic carbocycles. The molecule has 1 spiro atoms. The number of fused-ring (bicyclic) bond motifs is 18. The van der Waals surface area contributed by atoms with Gasteiger partial charge in [0.1, 0.15) is 0 Å². The number of hydrogen-bond donors (Lipinski definition) is 0. The molecule has 0 saturated carbocycles. The van der Waals surface area contributed by atoms with Gasteiger partial charge < -0.3 is 14.4 Å². The molecule has 2 aliphatic rings. The molecule has 1 aliphatic carbocycles. The molecular formula is C85H52ClN3S3. The third kappa shape index (κ3) is 8.14. The maximum absolute atomic E-state index is 6.87.